The number of hydrogen-bond donors (Lipinski definition) is 7. The lowest BCUT2D eigenvalue weighted by Gasteiger charge is -2.23. The summed E-state index contributed by atoms with van der Waals surface area (Å²) in [7, 11) is 0. The van der Waals surface area contributed by atoms with Crippen LogP contribution in [0.2, 0.25) is 0 Å². The fourth-order valence-corrected chi connectivity index (χ4v) is 2.77. The third-order valence-corrected chi connectivity index (χ3v) is 4.51. The predicted octanol–water partition coefficient (Wildman–Crippen LogP) is 0.282. The van der Waals surface area contributed by atoms with E-state index in [1.807, 2.05) is 13.8 Å². The van der Waals surface area contributed by atoms with Crippen LogP contribution in [0.3, 0.4) is 0 Å². The molecule has 0 aromatic carbocycles. The summed E-state index contributed by atoms with van der Waals surface area (Å²) in [6, 6.07) is -3.79. The SMILES string of the molecule is CC(C)(COC=CCO)CC(=O)NCCCCC(NC(=O)NC(CCC(=O)O)C(=O)O)C(=O)O. The highest BCUT2D eigenvalue weighted by atomic mass is 16.5. The highest BCUT2D eigenvalue weighted by molar-refractivity contribution is 5.86. The third kappa shape index (κ3) is 15.5. The predicted molar refractivity (Wildman–Crippen MR) is 119 cm³/mol. The lowest BCUT2D eigenvalue weighted by molar-refractivity contribution is -0.140. The van der Waals surface area contributed by atoms with Crippen molar-refractivity contribution in [3.05, 3.63) is 12.3 Å². The molecule has 2 unspecified atom stereocenters. The summed E-state index contributed by atoms with van der Waals surface area (Å²) in [5.41, 5.74) is -0.437. The van der Waals surface area contributed by atoms with Gasteiger partial charge in [-0.2, -0.15) is 0 Å². The van der Waals surface area contributed by atoms with Gasteiger partial charge in [0.25, 0.3) is 0 Å². The molecule has 13 heteroatoms. The van der Waals surface area contributed by atoms with E-state index in [4.69, 9.17) is 20.1 Å². The molecule has 0 bridgehead atoms. The van der Waals surface area contributed by atoms with Crippen molar-refractivity contribution in [2.24, 2.45) is 5.41 Å². The molecule has 0 radical (unpaired) electrons. The largest absolute Gasteiger partial charge is 0.501 e. The van der Waals surface area contributed by atoms with E-state index < -0.39 is 47.9 Å². The number of carbonyl (C=O) groups excluding carboxylic acids is 2. The van der Waals surface area contributed by atoms with Crippen LogP contribution in [0, 0.1) is 5.41 Å². The summed E-state index contributed by atoms with van der Waals surface area (Å²) in [5, 5.41) is 42.6. The summed E-state index contributed by atoms with van der Waals surface area (Å²) in [6.45, 7) is 4.15. The molecule has 0 aliphatic carbocycles. The van der Waals surface area contributed by atoms with Crippen molar-refractivity contribution < 1.29 is 49.1 Å². The number of carbonyl (C=O) groups is 5. The topological polar surface area (TPSA) is 212 Å². The van der Waals surface area contributed by atoms with E-state index in [9.17, 15) is 29.1 Å². The van der Waals surface area contributed by atoms with Crippen molar-refractivity contribution in [2.45, 2.75) is 64.5 Å². The number of carboxylic acid groups (broad SMARTS) is 3. The molecule has 194 valence electrons. The molecule has 0 saturated heterocycles. The Balaban J connectivity index is 4.37. The number of hydrogen-bond acceptors (Lipinski definition) is 7. The van der Waals surface area contributed by atoms with Gasteiger partial charge in [0.2, 0.25) is 5.91 Å². The summed E-state index contributed by atoms with van der Waals surface area (Å²) >= 11 is 0. The Morgan fingerprint density at radius 3 is 2.06 bits per heavy atom. The van der Waals surface area contributed by atoms with Gasteiger partial charge in [-0.1, -0.05) is 13.8 Å². The second-order valence-electron chi connectivity index (χ2n) is 8.38. The maximum atomic E-state index is 12.1. The second-order valence-corrected chi connectivity index (χ2v) is 8.38. The van der Waals surface area contributed by atoms with Crippen molar-refractivity contribution in [2.75, 3.05) is 19.8 Å². The first-order chi connectivity index (χ1) is 15.9. The van der Waals surface area contributed by atoms with Crippen molar-refractivity contribution in [3.63, 3.8) is 0 Å². The fraction of sp³-hybridized carbons (Fsp3) is 0.667. The van der Waals surface area contributed by atoms with E-state index in [1.54, 1.807) is 0 Å². The third-order valence-electron chi connectivity index (χ3n) is 4.51. The van der Waals surface area contributed by atoms with Crippen LogP contribution in [-0.2, 0) is 23.9 Å². The molecule has 34 heavy (non-hydrogen) atoms. The van der Waals surface area contributed by atoms with Crippen LogP contribution in [0.5, 0.6) is 0 Å². The Morgan fingerprint density at radius 2 is 1.53 bits per heavy atom. The molecule has 13 nitrogen and oxygen atoms in total. The van der Waals surface area contributed by atoms with Crippen molar-refractivity contribution in [3.8, 4) is 0 Å². The number of rotatable bonds is 18. The molecule has 0 fully saturated rings. The number of aliphatic hydroxyl groups is 1. The summed E-state index contributed by atoms with van der Waals surface area (Å²) in [5.74, 6) is -4.17. The van der Waals surface area contributed by atoms with Crippen LogP contribution < -0.4 is 16.0 Å². The van der Waals surface area contributed by atoms with E-state index in [0.29, 0.717) is 19.4 Å². The molecule has 0 spiro atoms. The van der Waals surface area contributed by atoms with E-state index in [-0.39, 0.29) is 38.4 Å². The fourth-order valence-electron chi connectivity index (χ4n) is 2.77. The van der Waals surface area contributed by atoms with Gasteiger partial charge in [-0.05, 0) is 31.8 Å². The van der Waals surface area contributed by atoms with E-state index >= 15 is 0 Å². The number of ether oxygens (including phenoxy) is 1. The summed E-state index contributed by atoms with van der Waals surface area (Å²) < 4.78 is 5.25. The van der Waals surface area contributed by atoms with Crippen LogP contribution in [0.25, 0.3) is 0 Å². The first-order valence-corrected chi connectivity index (χ1v) is 10.8. The van der Waals surface area contributed by atoms with E-state index in [1.165, 1.54) is 12.3 Å². The van der Waals surface area contributed by atoms with Gasteiger partial charge in [0.05, 0.1) is 19.5 Å². The zero-order valence-corrected chi connectivity index (χ0v) is 19.4. The molecule has 7 N–H and O–H groups in total. The summed E-state index contributed by atoms with van der Waals surface area (Å²) in [6.07, 6.45) is 3.03. The Hall–Kier alpha value is -3.35. The smallest absolute Gasteiger partial charge is 0.326 e. The van der Waals surface area contributed by atoms with Gasteiger partial charge in [0, 0.05) is 24.8 Å². The van der Waals surface area contributed by atoms with E-state index in [0.717, 1.165) is 0 Å². The van der Waals surface area contributed by atoms with Crippen molar-refractivity contribution in [1.82, 2.24) is 16.0 Å². The maximum absolute atomic E-state index is 12.1. The zero-order valence-electron chi connectivity index (χ0n) is 19.4. The number of unbranched alkanes of at least 4 members (excludes halogenated alkanes) is 1. The van der Waals surface area contributed by atoms with Crippen LogP contribution in [0.15, 0.2) is 12.3 Å². The number of amides is 3. The first-order valence-electron chi connectivity index (χ1n) is 10.8. The Bertz CT molecular complexity index is 724. The molecule has 2 atom stereocenters. The standard InChI is InChI=1S/C21H35N3O10/c1-21(2,13-34-11-5-10-25)12-16(26)22-9-4-3-6-14(18(29)30)23-20(33)24-15(19(31)32)7-8-17(27)28/h5,11,14-15,25H,3-4,6-10,12-13H2,1-2H3,(H,22,26)(H,27,28)(H,29,30)(H,31,32)(H2,23,24,33). The van der Waals surface area contributed by atoms with Crippen LogP contribution in [-0.4, -0.2) is 82.1 Å². The molecule has 0 aromatic rings. The minimum Gasteiger partial charge on any atom is -0.501 e. The Morgan fingerprint density at radius 1 is 0.941 bits per heavy atom. The Kier molecular flexibility index (Phi) is 14.7. The quantitative estimate of drug-likeness (QED) is 0.103. The first kappa shape index (κ1) is 30.6. The van der Waals surface area contributed by atoms with Gasteiger partial charge in [-0.25, -0.2) is 14.4 Å². The molecule has 0 heterocycles. The molecule has 3 amide bonds. The average molecular weight is 490 g/mol. The molecule has 0 rings (SSSR count). The number of nitrogens with one attached hydrogen (secondary N) is 3. The van der Waals surface area contributed by atoms with Crippen LogP contribution in [0.1, 0.15) is 52.4 Å². The highest BCUT2D eigenvalue weighted by Crippen LogP contribution is 2.20. The van der Waals surface area contributed by atoms with E-state index in [2.05, 4.69) is 16.0 Å². The second kappa shape index (κ2) is 16.3. The van der Waals surface area contributed by atoms with Gasteiger partial charge < -0.3 is 41.1 Å². The molecule has 0 saturated carbocycles. The highest BCUT2D eigenvalue weighted by Gasteiger charge is 2.25. The number of urea groups is 1. The Labute approximate surface area is 197 Å². The number of carboxylic acids is 3. The van der Waals surface area contributed by atoms with Gasteiger partial charge in [-0.15, -0.1) is 0 Å². The van der Waals surface area contributed by atoms with Crippen molar-refractivity contribution in [1.29, 1.82) is 0 Å². The van der Waals surface area contributed by atoms with Gasteiger partial charge >= 0.3 is 23.9 Å². The molecule has 0 aromatic heterocycles. The molecule has 0 aliphatic rings. The normalized spacial score (nSPS) is 13.0. The maximum Gasteiger partial charge on any atom is 0.326 e. The monoisotopic (exact) mass is 489 g/mol. The molecular weight excluding hydrogens is 454 g/mol. The zero-order chi connectivity index (χ0) is 26.1. The van der Waals surface area contributed by atoms with Crippen LogP contribution in [0.4, 0.5) is 4.79 Å². The average Bonchev–Trinajstić information content (AvgIpc) is 2.72. The number of aliphatic carboxylic acids is 3. The molecular formula is C21H35N3O10. The van der Waals surface area contributed by atoms with Gasteiger partial charge in [0.1, 0.15) is 12.1 Å². The summed E-state index contributed by atoms with van der Waals surface area (Å²) in [4.78, 5) is 57.1. The van der Waals surface area contributed by atoms with Crippen molar-refractivity contribution >= 4 is 29.8 Å². The van der Waals surface area contributed by atoms with Gasteiger partial charge in [-0.3, -0.25) is 9.59 Å². The minimum atomic E-state index is -1.47. The lowest BCUT2D eigenvalue weighted by Crippen LogP contribution is -2.51. The minimum absolute atomic E-state index is 0.0437. The van der Waals surface area contributed by atoms with Gasteiger partial charge in [0.15, 0.2) is 0 Å². The number of aliphatic hydroxyl groups excluding tert-OH is 1. The molecule has 0 aliphatic heterocycles. The van der Waals surface area contributed by atoms with Crippen LogP contribution >= 0.6 is 0 Å². The lowest BCUT2D eigenvalue weighted by atomic mass is 9.90.